The molecule has 2 fully saturated rings. The van der Waals surface area contributed by atoms with E-state index in [4.69, 9.17) is 18.9 Å². The number of aliphatic hydroxyl groups excluding tert-OH is 8. The van der Waals surface area contributed by atoms with Crippen molar-refractivity contribution in [2.45, 2.75) is 415 Å². The van der Waals surface area contributed by atoms with Crippen LogP contribution in [-0.2, 0) is 23.7 Å². The van der Waals surface area contributed by atoms with Crippen molar-refractivity contribution in [1.29, 1.82) is 0 Å². The van der Waals surface area contributed by atoms with Crippen molar-refractivity contribution >= 4 is 5.91 Å². The second kappa shape index (κ2) is 69.7. The van der Waals surface area contributed by atoms with E-state index in [0.29, 0.717) is 12.8 Å². The van der Waals surface area contributed by atoms with Crippen LogP contribution in [0.1, 0.15) is 341 Å². The second-order valence-electron chi connectivity index (χ2n) is 28.9. The highest BCUT2D eigenvalue weighted by Gasteiger charge is 2.51. The molecule has 2 saturated heterocycles. The molecule has 0 aromatic rings. The van der Waals surface area contributed by atoms with Gasteiger partial charge in [0, 0.05) is 6.42 Å². The van der Waals surface area contributed by atoms with Crippen LogP contribution in [0.3, 0.4) is 0 Å². The van der Waals surface area contributed by atoms with E-state index in [0.717, 1.165) is 77.0 Å². The van der Waals surface area contributed by atoms with Crippen LogP contribution in [0.15, 0.2) is 109 Å². The number of allylic oxidation sites excluding steroid dienone is 17. The Morgan fingerprint density at radius 2 is 0.693 bits per heavy atom. The number of rotatable bonds is 69. The number of aliphatic hydroxyl groups is 8. The van der Waals surface area contributed by atoms with E-state index in [1.807, 2.05) is 6.08 Å². The molecular formula is C87H153NO13. The highest BCUT2D eigenvalue weighted by atomic mass is 16.7. The molecule has 1 amide bonds. The van der Waals surface area contributed by atoms with Crippen LogP contribution in [0.25, 0.3) is 0 Å². The molecule has 14 heteroatoms. The molecule has 584 valence electrons. The van der Waals surface area contributed by atoms with E-state index in [1.165, 1.54) is 231 Å². The lowest BCUT2D eigenvalue weighted by Gasteiger charge is -2.46. The van der Waals surface area contributed by atoms with E-state index < -0.39 is 86.8 Å². The molecule has 2 heterocycles. The van der Waals surface area contributed by atoms with Crippen LogP contribution >= 0.6 is 0 Å². The third-order valence-electron chi connectivity index (χ3n) is 19.7. The Balaban J connectivity index is 1.59. The first-order valence-corrected chi connectivity index (χ1v) is 41.6. The lowest BCUT2D eigenvalue weighted by molar-refractivity contribution is -0.359. The van der Waals surface area contributed by atoms with Gasteiger partial charge < -0.3 is 65.1 Å². The molecule has 0 bridgehead atoms. The number of nitrogens with one attached hydrogen (secondary N) is 1. The first kappa shape index (κ1) is 93.7. The van der Waals surface area contributed by atoms with Gasteiger partial charge in [0.15, 0.2) is 12.6 Å². The SMILES string of the molecule is CC/C=C\C/C=C\C/C=C\C/C=C\C/C=C\C/C=C\C/C=C\CCCCCCCCCCCCCCCCCCCCCC(=O)NC(COC1OC(CO)C(OC2OC(CO)C(O)C(O)C2O)C(O)C1O)C(O)/C=C/CC/C=C/CCCCCCCCCCCCCCCCCCCCCC. The smallest absolute Gasteiger partial charge is 0.220 e. The van der Waals surface area contributed by atoms with E-state index in [-0.39, 0.29) is 18.9 Å². The lowest BCUT2D eigenvalue weighted by Crippen LogP contribution is -2.65. The number of ether oxygens (including phenoxy) is 4. The summed E-state index contributed by atoms with van der Waals surface area (Å²) in [6, 6.07) is -0.937. The topological polar surface area (TPSA) is 228 Å². The van der Waals surface area contributed by atoms with Crippen molar-refractivity contribution < 1.29 is 64.6 Å². The summed E-state index contributed by atoms with van der Waals surface area (Å²) >= 11 is 0. The minimum absolute atomic E-state index is 0.246. The normalized spacial score (nSPS) is 22.3. The number of hydrogen-bond donors (Lipinski definition) is 9. The van der Waals surface area contributed by atoms with E-state index in [9.17, 15) is 45.6 Å². The number of carbonyl (C=O) groups excluding carboxylic acids is 1. The third kappa shape index (κ3) is 52.3. The molecule has 2 aliphatic rings. The van der Waals surface area contributed by atoms with Gasteiger partial charge in [-0.25, -0.2) is 0 Å². The first-order chi connectivity index (χ1) is 49.6. The predicted molar refractivity (Wildman–Crippen MR) is 419 cm³/mol. The van der Waals surface area contributed by atoms with Crippen molar-refractivity contribution in [3.8, 4) is 0 Å². The van der Waals surface area contributed by atoms with Crippen molar-refractivity contribution in [1.82, 2.24) is 5.32 Å². The van der Waals surface area contributed by atoms with Gasteiger partial charge in [0.2, 0.25) is 5.91 Å². The van der Waals surface area contributed by atoms with Crippen molar-refractivity contribution in [3.05, 3.63) is 109 Å². The highest BCUT2D eigenvalue weighted by molar-refractivity contribution is 5.76. The van der Waals surface area contributed by atoms with Gasteiger partial charge in [0.05, 0.1) is 32.0 Å². The molecule has 0 aliphatic carbocycles. The van der Waals surface area contributed by atoms with Gasteiger partial charge in [0.1, 0.15) is 48.8 Å². The van der Waals surface area contributed by atoms with Crippen LogP contribution in [0.4, 0.5) is 0 Å². The molecular weight excluding hydrogens is 1270 g/mol. The van der Waals surface area contributed by atoms with E-state index in [1.54, 1.807) is 6.08 Å². The Bertz CT molecular complexity index is 2120. The Kier molecular flexibility index (Phi) is 64.7. The number of carbonyl (C=O) groups is 1. The average Bonchev–Trinajstić information content (AvgIpc) is 0.792. The fourth-order valence-corrected chi connectivity index (χ4v) is 13.2. The average molecular weight is 1420 g/mol. The fraction of sp³-hybridized carbons (Fsp3) is 0.782. The Morgan fingerprint density at radius 3 is 1.09 bits per heavy atom. The second-order valence-corrected chi connectivity index (χ2v) is 28.9. The van der Waals surface area contributed by atoms with Gasteiger partial charge >= 0.3 is 0 Å². The third-order valence-corrected chi connectivity index (χ3v) is 19.7. The van der Waals surface area contributed by atoms with Gasteiger partial charge in [-0.2, -0.15) is 0 Å². The molecule has 0 aromatic heterocycles. The predicted octanol–water partition coefficient (Wildman–Crippen LogP) is 19.4. The summed E-state index contributed by atoms with van der Waals surface area (Å²) in [7, 11) is 0. The van der Waals surface area contributed by atoms with Crippen LogP contribution in [0.2, 0.25) is 0 Å². The maximum atomic E-state index is 13.4. The van der Waals surface area contributed by atoms with Crippen molar-refractivity contribution in [2.24, 2.45) is 0 Å². The maximum Gasteiger partial charge on any atom is 0.220 e. The van der Waals surface area contributed by atoms with Gasteiger partial charge in [-0.1, -0.05) is 354 Å². The Labute approximate surface area is 616 Å². The highest BCUT2D eigenvalue weighted by Crippen LogP contribution is 2.30. The summed E-state index contributed by atoms with van der Waals surface area (Å²) in [5, 5.41) is 87.7. The zero-order valence-electron chi connectivity index (χ0n) is 64.1. The molecule has 0 aromatic carbocycles. The summed E-state index contributed by atoms with van der Waals surface area (Å²) in [4.78, 5) is 13.4. The standard InChI is InChI=1S/C87H153NO13/c1-3-5-7-9-11-13-15-17-19-21-23-25-27-29-31-32-33-34-35-36-37-38-39-40-41-42-43-44-45-47-49-51-53-55-57-59-61-63-65-67-69-71-79(92)88-75(74-98-86-84(97)82(95)85(78(73-90)100-86)101-87-83(96)81(94)80(93)77(72-89)99-87)76(91)70-68-66-64-62-60-58-56-54-52-50-48-46-30-28-26-24-22-20-18-16-14-12-10-8-6-4-2/h5,7,11,13,17,19,23,25,29,31,33-34,36-37,60,62,68,70,75-78,80-87,89-91,93-97H,3-4,6,8-10,12,14-16,18,20-22,24,26-28,30,32,35,38-59,61,63-67,69,71-74H2,1-2H3,(H,88,92)/b7-5-,13-11-,19-17-,25-23-,31-29-,34-33-,37-36-,62-60+,70-68+. The summed E-state index contributed by atoms with van der Waals surface area (Å²) < 4.78 is 22.9. The summed E-state index contributed by atoms with van der Waals surface area (Å²) in [6.07, 6.45) is 84.6. The van der Waals surface area contributed by atoms with Gasteiger partial charge in [-0.15, -0.1) is 0 Å². The minimum Gasteiger partial charge on any atom is -0.394 e. The Hall–Kier alpha value is -3.35. The molecule has 14 nitrogen and oxygen atoms in total. The summed E-state index contributed by atoms with van der Waals surface area (Å²) in [6.45, 7) is 2.71. The lowest BCUT2D eigenvalue weighted by atomic mass is 9.97. The van der Waals surface area contributed by atoms with Crippen molar-refractivity contribution in [2.75, 3.05) is 19.8 Å². The van der Waals surface area contributed by atoms with Gasteiger partial charge in [-0.05, 0) is 89.9 Å². The molecule has 12 atom stereocenters. The van der Waals surface area contributed by atoms with Crippen LogP contribution < -0.4 is 5.32 Å². The van der Waals surface area contributed by atoms with Crippen LogP contribution in [0.5, 0.6) is 0 Å². The maximum absolute atomic E-state index is 13.4. The molecule has 101 heavy (non-hydrogen) atoms. The zero-order valence-corrected chi connectivity index (χ0v) is 64.1. The first-order valence-electron chi connectivity index (χ1n) is 41.6. The van der Waals surface area contributed by atoms with E-state index in [2.05, 4.69) is 116 Å². The summed E-state index contributed by atoms with van der Waals surface area (Å²) in [5.74, 6) is -0.246. The van der Waals surface area contributed by atoms with Crippen molar-refractivity contribution in [3.63, 3.8) is 0 Å². The molecule has 12 unspecified atom stereocenters. The minimum atomic E-state index is -1.80. The molecule has 2 aliphatic heterocycles. The van der Waals surface area contributed by atoms with E-state index >= 15 is 0 Å². The molecule has 0 spiro atoms. The monoisotopic (exact) mass is 1420 g/mol. The molecule has 0 saturated carbocycles. The van der Waals surface area contributed by atoms with Gasteiger partial charge in [-0.3, -0.25) is 4.79 Å². The van der Waals surface area contributed by atoms with Gasteiger partial charge in [0.25, 0.3) is 0 Å². The Morgan fingerprint density at radius 1 is 0.366 bits per heavy atom. The quantitative estimate of drug-likeness (QED) is 0.0204. The molecule has 0 radical (unpaired) electrons. The largest absolute Gasteiger partial charge is 0.394 e. The zero-order chi connectivity index (χ0) is 73.0. The number of hydrogen-bond acceptors (Lipinski definition) is 13. The number of amides is 1. The fourth-order valence-electron chi connectivity index (χ4n) is 13.2. The molecule has 9 N–H and O–H groups in total. The summed E-state index contributed by atoms with van der Waals surface area (Å²) in [5.41, 5.74) is 0. The van der Waals surface area contributed by atoms with Crippen LogP contribution in [-0.4, -0.2) is 140 Å². The van der Waals surface area contributed by atoms with Crippen LogP contribution in [0, 0.1) is 0 Å². The number of unbranched alkanes of at least 4 members (excludes halogenated alkanes) is 40. The molecule has 2 rings (SSSR count).